The molecule has 0 N–H and O–H groups in total. The highest BCUT2D eigenvalue weighted by Crippen LogP contribution is 2.41. The molecular weight excluding hydrogens is 728 g/mol. The summed E-state index contributed by atoms with van der Waals surface area (Å²) in [5.41, 5.74) is -0.226. The number of carbonyl (C=O) groups is 1. The van der Waals surface area contributed by atoms with E-state index in [1.54, 1.807) is 23.2 Å². The number of pyridine rings is 1. The van der Waals surface area contributed by atoms with Gasteiger partial charge in [0.15, 0.2) is 11.6 Å². The molecule has 55 heavy (non-hydrogen) atoms. The molecule has 0 radical (unpaired) electrons. The molecule has 5 aromatic rings. The number of carbonyl (C=O) groups excluding carboxylic acids is 1. The number of benzene rings is 2. The number of fused-ring (bicyclic) bond motifs is 3. The fraction of sp³-hybridized carbons (Fsp3) is 0.425. The zero-order valence-corrected chi connectivity index (χ0v) is 31.6. The number of ether oxygens (including phenoxy) is 1. The number of hydrogen-bond donors (Lipinski definition) is 0. The summed E-state index contributed by atoms with van der Waals surface area (Å²) in [7, 11) is 0. The Morgan fingerprint density at radius 1 is 1.15 bits per heavy atom. The highest BCUT2D eigenvalue weighted by molar-refractivity contribution is 6.36. The number of alkyl halides is 1. The molecule has 1 amide bonds. The molecule has 0 bridgehead atoms. The van der Waals surface area contributed by atoms with Crippen LogP contribution >= 0.6 is 11.6 Å². The van der Waals surface area contributed by atoms with Gasteiger partial charge in [0.2, 0.25) is 5.91 Å². The average molecular weight is 768 g/mol. The Bertz CT molecular complexity index is 2350. The fourth-order valence-electron chi connectivity index (χ4n) is 8.12. The molecule has 284 valence electrons. The summed E-state index contributed by atoms with van der Waals surface area (Å²) < 4.78 is 43.2. The standard InChI is InChI=1S/C40H40ClF2N9O3/c1-39(2,3)37-46-30(55-49-37)11-12-31(53)52-18-17-50(22-26(52)13-15-44)36-28-20-45-34(27-9-4-7-24-8-5-10-29(41)32(24)27)33(43)35(28)47-38(48-36)54-23-40-14-6-16-51(40)21-25(42)19-40/h4-5,7-12,20,25-26H,6,13-14,16-19,21-23H2,1-3H3/b12-11+/t25-,26+,40+/m1/s1. The average Bonchev–Trinajstić information content (AvgIpc) is 3.88. The maximum atomic E-state index is 17.0. The molecular formula is C40H40ClF2N9O3. The van der Waals surface area contributed by atoms with Crippen LogP contribution in [0.15, 0.2) is 53.2 Å². The third kappa shape index (κ3) is 6.95. The number of halogens is 3. The summed E-state index contributed by atoms with van der Waals surface area (Å²) >= 11 is 6.63. The Balaban J connectivity index is 1.14. The van der Waals surface area contributed by atoms with Crippen molar-refractivity contribution in [3.8, 4) is 23.3 Å². The Hall–Kier alpha value is -5.26. The summed E-state index contributed by atoms with van der Waals surface area (Å²) in [5, 5.41) is 16.1. The zero-order chi connectivity index (χ0) is 38.5. The van der Waals surface area contributed by atoms with E-state index >= 15 is 4.39 Å². The quantitative estimate of drug-likeness (QED) is 0.152. The molecule has 0 saturated carbocycles. The molecule has 3 aromatic heterocycles. The molecule has 8 rings (SSSR count). The van der Waals surface area contributed by atoms with Crippen LogP contribution in [0.3, 0.4) is 0 Å². The molecule has 3 atom stereocenters. The van der Waals surface area contributed by atoms with E-state index in [2.05, 4.69) is 31.1 Å². The van der Waals surface area contributed by atoms with E-state index in [9.17, 15) is 14.4 Å². The molecule has 15 heteroatoms. The van der Waals surface area contributed by atoms with Crippen molar-refractivity contribution in [3.63, 3.8) is 0 Å². The Kier molecular flexibility index (Phi) is 9.63. The molecule has 0 aliphatic carbocycles. The largest absolute Gasteiger partial charge is 0.461 e. The minimum Gasteiger partial charge on any atom is -0.461 e. The first-order chi connectivity index (χ1) is 26.4. The molecule has 3 saturated heterocycles. The summed E-state index contributed by atoms with van der Waals surface area (Å²) in [4.78, 5) is 37.6. The van der Waals surface area contributed by atoms with Gasteiger partial charge in [0.25, 0.3) is 5.89 Å². The van der Waals surface area contributed by atoms with Gasteiger partial charge >= 0.3 is 6.01 Å². The van der Waals surface area contributed by atoms with Gasteiger partial charge in [-0.2, -0.15) is 20.2 Å². The van der Waals surface area contributed by atoms with E-state index in [1.165, 1.54) is 12.2 Å². The minimum absolute atomic E-state index is 0.00270. The van der Waals surface area contributed by atoms with Crippen LogP contribution in [0.5, 0.6) is 6.01 Å². The summed E-state index contributed by atoms with van der Waals surface area (Å²) in [6.07, 6.45) is 5.53. The third-order valence-corrected chi connectivity index (χ3v) is 11.2. The maximum Gasteiger partial charge on any atom is 0.319 e. The predicted octanol–water partition coefficient (Wildman–Crippen LogP) is 6.92. The van der Waals surface area contributed by atoms with Crippen LogP contribution in [-0.4, -0.2) is 97.9 Å². The van der Waals surface area contributed by atoms with E-state index in [0.29, 0.717) is 52.5 Å². The summed E-state index contributed by atoms with van der Waals surface area (Å²) in [5.74, 6) is 0.0852. The van der Waals surface area contributed by atoms with Gasteiger partial charge < -0.3 is 19.1 Å². The van der Waals surface area contributed by atoms with Gasteiger partial charge in [0, 0.05) is 72.3 Å². The van der Waals surface area contributed by atoms with E-state index in [0.717, 1.165) is 24.8 Å². The predicted molar refractivity (Wildman–Crippen MR) is 204 cm³/mol. The lowest BCUT2D eigenvalue weighted by molar-refractivity contribution is -0.128. The van der Waals surface area contributed by atoms with Gasteiger partial charge in [0.1, 0.15) is 29.8 Å². The molecule has 3 fully saturated rings. The molecule has 6 heterocycles. The van der Waals surface area contributed by atoms with Gasteiger partial charge in [-0.15, -0.1) is 0 Å². The lowest BCUT2D eigenvalue weighted by atomic mass is 9.95. The van der Waals surface area contributed by atoms with Gasteiger partial charge in [0.05, 0.1) is 29.5 Å². The normalized spacial score (nSPS) is 21.8. The van der Waals surface area contributed by atoms with Crippen LogP contribution in [0.2, 0.25) is 5.02 Å². The second kappa shape index (κ2) is 14.4. The Morgan fingerprint density at radius 2 is 1.96 bits per heavy atom. The highest BCUT2D eigenvalue weighted by atomic mass is 35.5. The Labute approximate surface area is 321 Å². The SMILES string of the molecule is CC(C)(C)c1noc(/C=C/C(=O)N2CCN(c3nc(OC[C@@]45CCCN4C[C@H](F)C5)nc4c(F)c(-c5cccc6cccc(Cl)c56)ncc34)C[C@@H]2CC#N)n1. The molecule has 0 spiro atoms. The number of piperazine rings is 1. The first-order valence-electron chi connectivity index (χ1n) is 18.4. The Morgan fingerprint density at radius 3 is 2.75 bits per heavy atom. The smallest absolute Gasteiger partial charge is 0.319 e. The highest BCUT2D eigenvalue weighted by Gasteiger charge is 2.49. The van der Waals surface area contributed by atoms with Crippen LogP contribution < -0.4 is 9.64 Å². The van der Waals surface area contributed by atoms with Gasteiger partial charge in [-0.1, -0.05) is 67.9 Å². The second-order valence-corrected chi connectivity index (χ2v) is 16.0. The lowest BCUT2D eigenvalue weighted by Crippen LogP contribution is -2.55. The van der Waals surface area contributed by atoms with Crippen molar-refractivity contribution < 1.29 is 22.8 Å². The third-order valence-electron chi connectivity index (χ3n) is 10.9. The number of amides is 1. The van der Waals surface area contributed by atoms with Crippen molar-refractivity contribution in [2.75, 3.05) is 44.2 Å². The van der Waals surface area contributed by atoms with Gasteiger partial charge in [-0.3, -0.25) is 14.7 Å². The van der Waals surface area contributed by atoms with Crippen molar-refractivity contribution in [2.24, 2.45) is 0 Å². The van der Waals surface area contributed by atoms with Gasteiger partial charge in [-0.25, -0.2) is 8.78 Å². The van der Waals surface area contributed by atoms with E-state index in [4.69, 9.17) is 25.8 Å². The summed E-state index contributed by atoms with van der Waals surface area (Å²) in [6.45, 7) is 7.95. The van der Waals surface area contributed by atoms with Crippen molar-refractivity contribution in [2.45, 2.75) is 69.6 Å². The van der Waals surface area contributed by atoms with Crippen molar-refractivity contribution in [1.29, 1.82) is 5.26 Å². The minimum atomic E-state index is -0.950. The number of aromatic nitrogens is 5. The topological polar surface area (TPSA) is 137 Å². The maximum absolute atomic E-state index is 17.0. The number of nitrogens with zero attached hydrogens (tertiary/aromatic N) is 9. The molecule has 3 aliphatic heterocycles. The number of hydrogen-bond acceptors (Lipinski definition) is 11. The lowest BCUT2D eigenvalue weighted by Gasteiger charge is -2.41. The fourth-order valence-corrected chi connectivity index (χ4v) is 8.40. The van der Waals surface area contributed by atoms with E-state index < -0.39 is 23.6 Å². The molecule has 0 unspecified atom stereocenters. The van der Waals surface area contributed by atoms with Gasteiger partial charge in [-0.05, 0) is 30.8 Å². The molecule has 2 aromatic carbocycles. The zero-order valence-electron chi connectivity index (χ0n) is 30.8. The van der Waals surface area contributed by atoms with Crippen molar-refractivity contribution in [1.82, 2.24) is 34.9 Å². The van der Waals surface area contributed by atoms with Crippen LogP contribution in [0.1, 0.15) is 58.2 Å². The summed E-state index contributed by atoms with van der Waals surface area (Å²) in [6, 6.07) is 12.6. The van der Waals surface area contributed by atoms with Crippen molar-refractivity contribution >= 4 is 51.1 Å². The second-order valence-electron chi connectivity index (χ2n) is 15.6. The van der Waals surface area contributed by atoms with Crippen LogP contribution in [-0.2, 0) is 10.2 Å². The number of anilines is 1. The van der Waals surface area contributed by atoms with Crippen molar-refractivity contribution in [3.05, 3.63) is 71.2 Å². The van der Waals surface area contributed by atoms with E-state index in [-0.39, 0.29) is 60.6 Å². The molecule has 12 nitrogen and oxygen atoms in total. The van der Waals surface area contributed by atoms with Crippen LogP contribution in [0.4, 0.5) is 14.6 Å². The van der Waals surface area contributed by atoms with Crippen LogP contribution in [0, 0.1) is 17.1 Å². The first-order valence-corrected chi connectivity index (χ1v) is 18.8. The van der Waals surface area contributed by atoms with E-state index in [1.807, 2.05) is 49.9 Å². The number of nitriles is 1. The monoisotopic (exact) mass is 767 g/mol. The molecule has 3 aliphatic rings. The van der Waals surface area contributed by atoms with Crippen LogP contribution in [0.25, 0.3) is 39.0 Å². The first kappa shape index (κ1) is 36.7. The number of rotatable bonds is 8.